The van der Waals surface area contributed by atoms with Gasteiger partial charge in [0.15, 0.2) is 0 Å². The lowest BCUT2D eigenvalue weighted by Gasteiger charge is -2.12. The molecule has 152 valence electrons. The molecule has 0 radical (unpaired) electrons. The van der Waals surface area contributed by atoms with Crippen molar-refractivity contribution in [1.29, 1.82) is 0 Å². The van der Waals surface area contributed by atoms with Gasteiger partial charge in [-0.05, 0) is 55.0 Å². The lowest BCUT2D eigenvalue weighted by Crippen LogP contribution is -2.28. The van der Waals surface area contributed by atoms with Crippen molar-refractivity contribution in [2.75, 3.05) is 33.9 Å². The summed E-state index contributed by atoms with van der Waals surface area (Å²) in [5.41, 5.74) is 0.544. The second-order valence-corrected chi connectivity index (χ2v) is 8.39. The average Bonchev–Trinajstić information content (AvgIpc) is 2.70. The van der Waals surface area contributed by atoms with E-state index in [0.717, 1.165) is 16.5 Å². The summed E-state index contributed by atoms with van der Waals surface area (Å²) >= 11 is 0. The van der Waals surface area contributed by atoms with E-state index >= 15 is 0 Å². The highest BCUT2D eigenvalue weighted by molar-refractivity contribution is 7.89. The van der Waals surface area contributed by atoms with Gasteiger partial charge in [0, 0.05) is 19.7 Å². The van der Waals surface area contributed by atoms with Crippen molar-refractivity contribution in [2.24, 2.45) is 0 Å². The first-order chi connectivity index (χ1) is 13.3. The number of nitrogens with one attached hydrogen (secondary N) is 1. The third kappa shape index (κ3) is 5.97. The van der Waals surface area contributed by atoms with Gasteiger partial charge in [-0.2, -0.15) is 0 Å². The molecule has 0 aromatic heterocycles. The Morgan fingerprint density at radius 2 is 1.46 bits per heavy atom. The molecule has 0 saturated carbocycles. The number of ether oxygens (including phenoxy) is 2. The summed E-state index contributed by atoms with van der Waals surface area (Å²) in [5.74, 6) is 1.07. The van der Waals surface area contributed by atoms with Gasteiger partial charge >= 0.3 is 0 Å². The van der Waals surface area contributed by atoms with Gasteiger partial charge in [0.05, 0.1) is 18.0 Å². The van der Waals surface area contributed by atoms with Crippen LogP contribution in [0.2, 0.25) is 0 Å². The number of nitrogens with zero attached hydrogens (tertiary/aromatic N) is 1. The second-order valence-electron chi connectivity index (χ2n) is 6.24. The number of benzene rings is 2. The summed E-state index contributed by atoms with van der Waals surface area (Å²) in [4.78, 5) is 12.3. The molecule has 28 heavy (non-hydrogen) atoms. The second kappa shape index (κ2) is 10.1. The Morgan fingerprint density at radius 3 is 2.00 bits per heavy atom. The molecule has 1 N–H and O–H groups in total. The fraction of sp³-hybridized carbons (Fsp3) is 0.350. The minimum atomic E-state index is -3.46. The van der Waals surface area contributed by atoms with Crippen LogP contribution >= 0.6 is 0 Å². The lowest BCUT2D eigenvalue weighted by atomic mass is 10.2. The van der Waals surface area contributed by atoms with Crippen LogP contribution in [0.15, 0.2) is 53.4 Å². The fourth-order valence-corrected chi connectivity index (χ4v) is 3.18. The van der Waals surface area contributed by atoms with E-state index in [4.69, 9.17) is 9.47 Å². The Bertz CT molecular complexity index is 862. The van der Waals surface area contributed by atoms with Crippen molar-refractivity contribution in [3.63, 3.8) is 0 Å². The molecule has 0 atom stereocenters. The van der Waals surface area contributed by atoms with Gasteiger partial charge in [-0.1, -0.05) is 6.92 Å². The number of hydrogen-bond acceptors (Lipinski definition) is 5. The fourth-order valence-electron chi connectivity index (χ4n) is 2.28. The van der Waals surface area contributed by atoms with E-state index in [2.05, 4.69) is 5.32 Å². The standard InChI is InChI=1S/C20H26N2O5S/c1-4-14-26-17-7-5-16(6-8-17)20(23)21-13-15-27-18-9-11-19(12-10-18)28(24,25)22(2)3/h5-12H,4,13-15H2,1-3H3,(H,21,23). The number of hydrogen-bond donors (Lipinski definition) is 1. The van der Waals surface area contributed by atoms with Gasteiger partial charge in [-0.25, -0.2) is 12.7 Å². The average molecular weight is 407 g/mol. The number of amides is 1. The minimum Gasteiger partial charge on any atom is -0.494 e. The van der Waals surface area contributed by atoms with Crippen LogP contribution < -0.4 is 14.8 Å². The maximum Gasteiger partial charge on any atom is 0.251 e. The van der Waals surface area contributed by atoms with E-state index in [9.17, 15) is 13.2 Å². The predicted octanol–water partition coefficient (Wildman–Crippen LogP) is 2.53. The molecule has 0 aliphatic carbocycles. The van der Waals surface area contributed by atoms with E-state index in [1.165, 1.54) is 26.2 Å². The van der Waals surface area contributed by atoms with E-state index in [0.29, 0.717) is 24.5 Å². The molecule has 0 aliphatic rings. The van der Waals surface area contributed by atoms with E-state index in [1.54, 1.807) is 36.4 Å². The van der Waals surface area contributed by atoms with Crippen LogP contribution in [0.25, 0.3) is 0 Å². The summed E-state index contributed by atoms with van der Waals surface area (Å²) in [6.07, 6.45) is 0.927. The normalized spacial score (nSPS) is 11.3. The van der Waals surface area contributed by atoms with Crippen molar-refractivity contribution >= 4 is 15.9 Å². The monoisotopic (exact) mass is 406 g/mol. The Hall–Kier alpha value is -2.58. The van der Waals surface area contributed by atoms with Crippen LogP contribution in [0.3, 0.4) is 0 Å². The van der Waals surface area contributed by atoms with Gasteiger partial charge in [0.2, 0.25) is 10.0 Å². The lowest BCUT2D eigenvalue weighted by molar-refractivity contribution is 0.0947. The van der Waals surface area contributed by atoms with Gasteiger partial charge in [0.1, 0.15) is 18.1 Å². The molecule has 2 aromatic rings. The van der Waals surface area contributed by atoms with E-state index in [1.807, 2.05) is 6.92 Å². The summed E-state index contributed by atoms with van der Waals surface area (Å²) < 4.78 is 36.2. The zero-order valence-corrected chi connectivity index (χ0v) is 17.2. The smallest absolute Gasteiger partial charge is 0.251 e. The largest absolute Gasteiger partial charge is 0.494 e. The topological polar surface area (TPSA) is 84.9 Å². The van der Waals surface area contributed by atoms with Crippen molar-refractivity contribution in [1.82, 2.24) is 9.62 Å². The first-order valence-corrected chi connectivity index (χ1v) is 10.4. The van der Waals surface area contributed by atoms with Gasteiger partial charge in [-0.15, -0.1) is 0 Å². The Balaban J connectivity index is 1.78. The summed E-state index contributed by atoms with van der Waals surface area (Å²) in [5, 5.41) is 2.78. The van der Waals surface area contributed by atoms with Crippen molar-refractivity contribution in [2.45, 2.75) is 18.2 Å². The molecule has 0 unspecified atom stereocenters. The molecule has 0 fully saturated rings. The first kappa shape index (κ1) is 21.7. The van der Waals surface area contributed by atoms with Gasteiger partial charge < -0.3 is 14.8 Å². The first-order valence-electron chi connectivity index (χ1n) is 9.01. The molecule has 2 rings (SSSR count). The van der Waals surface area contributed by atoms with Crippen molar-refractivity contribution in [3.05, 3.63) is 54.1 Å². The van der Waals surface area contributed by atoms with E-state index in [-0.39, 0.29) is 17.4 Å². The SMILES string of the molecule is CCCOc1ccc(C(=O)NCCOc2ccc(S(=O)(=O)N(C)C)cc2)cc1. The highest BCUT2D eigenvalue weighted by Crippen LogP contribution is 2.18. The maximum atomic E-state index is 12.1. The predicted molar refractivity (Wildman–Crippen MR) is 107 cm³/mol. The van der Waals surface area contributed by atoms with E-state index < -0.39 is 10.0 Å². The zero-order valence-electron chi connectivity index (χ0n) is 16.3. The summed E-state index contributed by atoms with van der Waals surface area (Å²) in [6.45, 7) is 3.27. The third-order valence-electron chi connectivity index (χ3n) is 3.85. The van der Waals surface area contributed by atoms with Gasteiger partial charge in [-0.3, -0.25) is 4.79 Å². The zero-order chi connectivity index (χ0) is 20.6. The molecule has 2 aromatic carbocycles. The highest BCUT2D eigenvalue weighted by atomic mass is 32.2. The molecule has 0 aliphatic heterocycles. The van der Waals surface area contributed by atoms with Crippen LogP contribution in [-0.4, -0.2) is 52.5 Å². The number of sulfonamides is 1. The molecule has 1 amide bonds. The minimum absolute atomic E-state index is 0.196. The van der Waals surface area contributed by atoms with Crippen LogP contribution in [-0.2, 0) is 10.0 Å². The third-order valence-corrected chi connectivity index (χ3v) is 5.68. The quantitative estimate of drug-likeness (QED) is 0.613. The van der Waals surface area contributed by atoms with Crippen LogP contribution in [0, 0.1) is 0 Å². The number of carbonyl (C=O) groups excluding carboxylic acids is 1. The highest BCUT2D eigenvalue weighted by Gasteiger charge is 2.16. The van der Waals surface area contributed by atoms with Gasteiger partial charge in [0.25, 0.3) is 5.91 Å². The Labute approximate surface area is 166 Å². The molecule has 0 bridgehead atoms. The molecule has 0 saturated heterocycles. The molecule has 0 spiro atoms. The number of rotatable bonds is 10. The van der Waals surface area contributed by atoms with Crippen LogP contribution in [0.4, 0.5) is 0 Å². The molecular weight excluding hydrogens is 380 g/mol. The molecule has 8 heteroatoms. The maximum absolute atomic E-state index is 12.1. The summed E-state index contributed by atoms with van der Waals surface area (Å²) in [6, 6.07) is 13.1. The molecule has 7 nitrogen and oxygen atoms in total. The van der Waals surface area contributed by atoms with Crippen molar-refractivity contribution in [3.8, 4) is 11.5 Å². The molecule has 0 heterocycles. The summed E-state index contributed by atoms with van der Waals surface area (Å²) in [7, 11) is -0.497. The number of carbonyl (C=O) groups is 1. The van der Waals surface area contributed by atoms with Crippen molar-refractivity contribution < 1.29 is 22.7 Å². The van der Waals surface area contributed by atoms with Crippen LogP contribution in [0.1, 0.15) is 23.7 Å². The molecular formula is C20H26N2O5S. The van der Waals surface area contributed by atoms with Crippen LogP contribution in [0.5, 0.6) is 11.5 Å². The Kier molecular flexibility index (Phi) is 7.83. The Morgan fingerprint density at radius 1 is 0.929 bits per heavy atom.